The first kappa shape index (κ1) is 9.16. The van der Waals surface area contributed by atoms with E-state index in [0.29, 0.717) is 0 Å². The molecule has 0 spiro atoms. The van der Waals surface area contributed by atoms with E-state index in [4.69, 9.17) is 5.11 Å². The third-order valence-corrected chi connectivity index (χ3v) is 0. The Balaban J connectivity index is 0. The van der Waals surface area contributed by atoms with Crippen LogP contribution in [0, 0.1) is 0 Å². The van der Waals surface area contributed by atoms with Gasteiger partial charge in [-0.15, -0.1) is 12.4 Å². The minimum atomic E-state index is 0. The molecule has 0 aliphatic carbocycles. The van der Waals surface area contributed by atoms with E-state index < -0.39 is 0 Å². The summed E-state index contributed by atoms with van der Waals surface area (Å²) in [7, 11) is 0. The zero-order valence-electron chi connectivity index (χ0n) is 2.14. The van der Waals surface area contributed by atoms with E-state index >= 15 is 0 Å². The number of aliphatic hydroxyl groups is 1. The van der Waals surface area contributed by atoms with Crippen molar-refractivity contribution in [3.8, 4) is 0 Å². The van der Waals surface area contributed by atoms with Crippen LogP contribution >= 0.6 is 12.4 Å². The first-order valence-corrected chi connectivity index (χ1v) is 0.666. The average Bonchev–Trinajstić information content (AvgIpc) is 0.918. The standard InChI is InChI=1S/C2H4O.ClH/c1-2-3;/h2-3H,1H2;1H. The molecule has 0 aromatic carbocycles. The van der Waals surface area contributed by atoms with Crippen LogP contribution in [-0.4, -0.2) is 5.11 Å². The topological polar surface area (TPSA) is 20.2 Å². The Morgan fingerprint density at radius 3 is 1.75 bits per heavy atom. The Labute approximate surface area is 31.4 Å². The minimum Gasteiger partial charge on any atom is -0.516 e. The van der Waals surface area contributed by atoms with Crippen molar-refractivity contribution in [2.24, 2.45) is 0 Å². The highest BCUT2D eigenvalue weighted by molar-refractivity contribution is 5.85. The fourth-order valence-electron chi connectivity index (χ4n) is 0. The minimum absolute atomic E-state index is 0. The molecule has 0 amide bonds. The van der Waals surface area contributed by atoms with Gasteiger partial charge in [0, 0.05) is 0 Å². The molecular formula is C2H5ClO. The largest absolute Gasteiger partial charge is 0.516 e. The highest BCUT2D eigenvalue weighted by Crippen LogP contribution is 1.26. The maximum Gasteiger partial charge on any atom is 0.0719 e. The molecule has 0 saturated carbocycles. The molecular weight excluding hydrogens is 75.5 g/mol. The van der Waals surface area contributed by atoms with Crippen molar-refractivity contribution in [1.82, 2.24) is 0 Å². The van der Waals surface area contributed by atoms with Gasteiger partial charge in [-0.1, -0.05) is 6.58 Å². The van der Waals surface area contributed by atoms with Gasteiger partial charge in [0.2, 0.25) is 0 Å². The summed E-state index contributed by atoms with van der Waals surface area (Å²) in [4.78, 5) is 0. The molecule has 0 heterocycles. The summed E-state index contributed by atoms with van der Waals surface area (Å²) in [6.45, 7) is 2.92. The number of aliphatic hydroxyl groups excluding tert-OH is 1. The molecule has 2 heteroatoms. The molecule has 0 radical (unpaired) electrons. The van der Waals surface area contributed by atoms with Crippen molar-refractivity contribution in [2.45, 2.75) is 0 Å². The van der Waals surface area contributed by atoms with Crippen molar-refractivity contribution in [3.05, 3.63) is 12.8 Å². The molecule has 0 fully saturated rings. The summed E-state index contributed by atoms with van der Waals surface area (Å²) in [5.41, 5.74) is 0. The normalized spacial score (nSPS) is 3.00. The van der Waals surface area contributed by atoms with Crippen LogP contribution in [0.4, 0.5) is 0 Å². The molecule has 0 aromatic rings. The number of halogens is 1. The van der Waals surface area contributed by atoms with E-state index in [1.165, 1.54) is 0 Å². The van der Waals surface area contributed by atoms with Crippen LogP contribution in [0.1, 0.15) is 0 Å². The lowest BCUT2D eigenvalue weighted by Gasteiger charge is -1.41. The highest BCUT2D eigenvalue weighted by Gasteiger charge is 1.11. The van der Waals surface area contributed by atoms with E-state index in [0.717, 1.165) is 6.26 Å². The van der Waals surface area contributed by atoms with Crippen LogP contribution in [0.15, 0.2) is 12.8 Å². The molecule has 0 bridgehead atoms. The quantitative estimate of drug-likeness (QED) is 0.432. The van der Waals surface area contributed by atoms with Crippen LogP contribution in [0.25, 0.3) is 0 Å². The van der Waals surface area contributed by atoms with E-state index in [9.17, 15) is 0 Å². The van der Waals surface area contributed by atoms with E-state index in [-0.39, 0.29) is 12.4 Å². The molecule has 26 valence electrons. The van der Waals surface area contributed by atoms with Gasteiger partial charge in [0.15, 0.2) is 0 Å². The van der Waals surface area contributed by atoms with Gasteiger partial charge in [0.1, 0.15) is 0 Å². The third kappa shape index (κ3) is 43.6. The zero-order chi connectivity index (χ0) is 2.71. The van der Waals surface area contributed by atoms with Gasteiger partial charge in [-0.25, -0.2) is 0 Å². The van der Waals surface area contributed by atoms with E-state index in [1.807, 2.05) is 0 Å². The fourth-order valence-corrected chi connectivity index (χ4v) is 0. The maximum absolute atomic E-state index is 7.33. The molecule has 0 aliphatic rings. The molecule has 0 atom stereocenters. The van der Waals surface area contributed by atoms with Gasteiger partial charge in [0.25, 0.3) is 0 Å². The second-order valence-electron chi connectivity index (χ2n) is 0.183. The van der Waals surface area contributed by atoms with Crippen LogP contribution in [0.5, 0.6) is 0 Å². The Kier molecular flexibility index (Phi) is 31.5. The van der Waals surface area contributed by atoms with Gasteiger partial charge in [-0.05, 0) is 0 Å². The summed E-state index contributed by atoms with van der Waals surface area (Å²) >= 11 is 0. The van der Waals surface area contributed by atoms with Crippen LogP contribution in [-0.2, 0) is 0 Å². The molecule has 0 aromatic heterocycles. The predicted molar refractivity (Wildman–Crippen MR) is 20.1 cm³/mol. The lowest BCUT2D eigenvalue weighted by Crippen LogP contribution is -1.25. The summed E-state index contributed by atoms with van der Waals surface area (Å²) in [6.07, 6.45) is 0.750. The smallest absolute Gasteiger partial charge is 0.0719 e. The summed E-state index contributed by atoms with van der Waals surface area (Å²) < 4.78 is 0. The Hall–Kier alpha value is -0.170. The van der Waals surface area contributed by atoms with Gasteiger partial charge >= 0.3 is 0 Å². The summed E-state index contributed by atoms with van der Waals surface area (Å²) in [6, 6.07) is 0. The number of hydrogen-bond donors (Lipinski definition) is 1. The fraction of sp³-hybridized carbons (Fsp3) is 0. The average molecular weight is 80.5 g/mol. The van der Waals surface area contributed by atoms with Gasteiger partial charge in [-0.2, -0.15) is 0 Å². The number of rotatable bonds is 0. The second-order valence-corrected chi connectivity index (χ2v) is 0.183. The van der Waals surface area contributed by atoms with Crippen molar-refractivity contribution < 1.29 is 5.11 Å². The molecule has 1 nitrogen and oxygen atoms in total. The molecule has 0 saturated heterocycles. The molecule has 0 aliphatic heterocycles. The lowest BCUT2D eigenvalue weighted by atomic mass is 11.2. The van der Waals surface area contributed by atoms with Gasteiger partial charge in [0.05, 0.1) is 6.26 Å². The van der Waals surface area contributed by atoms with Crippen molar-refractivity contribution in [2.75, 3.05) is 0 Å². The second kappa shape index (κ2) is 13.8. The first-order valence-electron chi connectivity index (χ1n) is 0.666. The monoisotopic (exact) mass is 80.0 g/mol. The Morgan fingerprint density at radius 1 is 1.75 bits per heavy atom. The van der Waals surface area contributed by atoms with Gasteiger partial charge in [-0.3, -0.25) is 0 Å². The zero-order valence-corrected chi connectivity index (χ0v) is 2.96. The predicted octanol–water partition coefficient (Wildman–Crippen LogP) is 1.11. The molecule has 0 unspecified atom stereocenters. The van der Waals surface area contributed by atoms with Crippen molar-refractivity contribution in [1.29, 1.82) is 0 Å². The van der Waals surface area contributed by atoms with Crippen molar-refractivity contribution >= 4 is 12.4 Å². The molecule has 4 heavy (non-hydrogen) atoms. The maximum atomic E-state index is 7.33. The number of hydrogen-bond acceptors (Lipinski definition) is 1. The lowest BCUT2D eigenvalue weighted by molar-refractivity contribution is 0.476. The third-order valence-electron chi connectivity index (χ3n) is 0. The van der Waals surface area contributed by atoms with Crippen LogP contribution < -0.4 is 0 Å². The van der Waals surface area contributed by atoms with E-state index in [1.54, 1.807) is 0 Å². The first-order chi connectivity index (χ1) is 1.41. The Morgan fingerprint density at radius 2 is 1.75 bits per heavy atom. The van der Waals surface area contributed by atoms with Crippen LogP contribution in [0.2, 0.25) is 0 Å². The molecule has 0 rings (SSSR count). The molecule has 1 N–H and O–H groups in total. The highest BCUT2D eigenvalue weighted by atomic mass is 35.5. The Bertz CT molecular complexity index is 13.5. The van der Waals surface area contributed by atoms with Gasteiger partial charge < -0.3 is 5.11 Å². The van der Waals surface area contributed by atoms with Crippen LogP contribution in [0.3, 0.4) is 0 Å². The SMILES string of the molecule is C=CO.Cl. The summed E-state index contributed by atoms with van der Waals surface area (Å²) in [5.74, 6) is 0. The summed E-state index contributed by atoms with van der Waals surface area (Å²) in [5, 5.41) is 7.33. The van der Waals surface area contributed by atoms with Crippen molar-refractivity contribution in [3.63, 3.8) is 0 Å². The van der Waals surface area contributed by atoms with E-state index in [2.05, 4.69) is 6.58 Å².